The number of amides is 1. The Morgan fingerprint density at radius 3 is 2.39 bits per heavy atom. The molecule has 0 aliphatic carbocycles. The van der Waals surface area contributed by atoms with Gasteiger partial charge < -0.3 is 14.9 Å². The van der Waals surface area contributed by atoms with E-state index in [2.05, 4.69) is 0 Å². The summed E-state index contributed by atoms with van der Waals surface area (Å²) >= 11 is 0. The fraction of sp³-hybridized carbons (Fsp3) is 0.273. The van der Waals surface area contributed by atoms with Gasteiger partial charge in [-0.15, -0.1) is 0 Å². The van der Waals surface area contributed by atoms with Gasteiger partial charge in [-0.05, 0) is 45.3 Å². The molecule has 0 radical (unpaired) electrons. The first kappa shape index (κ1) is 22.1. The Hall–Kier alpha value is -3.59. The Morgan fingerprint density at radius 1 is 1.16 bits per heavy atom. The summed E-state index contributed by atoms with van der Waals surface area (Å²) in [6, 6.07) is 9.60. The maximum absolute atomic E-state index is 14.7. The van der Waals surface area contributed by atoms with Crippen molar-refractivity contribution in [1.29, 1.82) is 0 Å². The number of aliphatic hydroxyl groups is 1. The lowest BCUT2D eigenvalue weighted by atomic mass is 9.95. The molecule has 162 valence electrons. The molecule has 1 saturated heterocycles. The number of aliphatic hydroxyl groups excluding tert-OH is 1. The third-order valence-electron chi connectivity index (χ3n) is 5.10. The third-order valence-corrected chi connectivity index (χ3v) is 5.10. The van der Waals surface area contributed by atoms with E-state index < -0.39 is 34.2 Å². The van der Waals surface area contributed by atoms with Gasteiger partial charge in [-0.3, -0.25) is 19.7 Å². The van der Waals surface area contributed by atoms with Crippen molar-refractivity contribution in [3.63, 3.8) is 0 Å². The van der Waals surface area contributed by atoms with Crippen LogP contribution in [-0.4, -0.2) is 58.7 Å². The maximum atomic E-state index is 14.7. The van der Waals surface area contributed by atoms with Gasteiger partial charge in [0, 0.05) is 29.8 Å². The van der Waals surface area contributed by atoms with Crippen LogP contribution in [0.4, 0.5) is 10.1 Å². The molecule has 1 aliphatic heterocycles. The lowest BCUT2D eigenvalue weighted by molar-refractivity contribution is -0.384. The van der Waals surface area contributed by atoms with Gasteiger partial charge in [0.15, 0.2) is 0 Å². The van der Waals surface area contributed by atoms with E-state index in [-0.39, 0.29) is 28.9 Å². The molecule has 0 saturated carbocycles. The number of Topliss-reactive ketones (excluding diaryl/α,β-unsaturated/α-hetero) is 1. The number of hydrogen-bond acceptors (Lipinski definition) is 6. The van der Waals surface area contributed by atoms with Crippen molar-refractivity contribution in [1.82, 2.24) is 9.80 Å². The molecule has 1 unspecified atom stereocenters. The first-order chi connectivity index (χ1) is 14.7. The van der Waals surface area contributed by atoms with Crippen LogP contribution in [0.15, 0.2) is 54.1 Å². The molecule has 0 spiro atoms. The average molecular weight is 427 g/mol. The summed E-state index contributed by atoms with van der Waals surface area (Å²) in [7, 11) is 3.74. The zero-order valence-corrected chi connectivity index (χ0v) is 17.1. The molecule has 1 fully saturated rings. The number of nitro groups is 1. The van der Waals surface area contributed by atoms with E-state index in [0.29, 0.717) is 13.0 Å². The molecule has 8 nitrogen and oxygen atoms in total. The third kappa shape index (κ3) is 4.46. The minimum atomic E-state index is -1.10. The van der Waals surface area contributed by atoms with Crippen LogP contribution in [0.1, 0.15) is 23.6 Å². The van der Waals surface area contributed by atoms with Crippen molar-refractivity contribution in [2.75, 3.05) is 27.2 Å². The van der Waals surface area contributed by atoms with Crippen LogP contribution in [0.3, 0.4) is 0 Å². The van der Waals surface area contributed by atoms with Crippen molar-refractivity contribution in [3.8, 4) is 0 Å². The highest BCUT2D eigenvalue weighted by molar-refractivity contribution is 6.46. The number of carbonyl (C=O) groups excluding carboxylic acids is 2. The highest BCUT2D eigenvalue weighted by atomic mass is 19.1. The Labute approximate surface area is 178 Å². The van der Waals surface area contributed by atoms with E-state index in [0.717, 1.165) is 0 Å². The summed E-state index contributed by atoms with van der Waals surface area (Å²) in [5.41, 5.74) is -0.214. The summed E-state index contributed by atoms with van der Waals surface area (Å²) in [6.07, 6.45) is 0.544. The highest BCUT2D eigenvalue weighted by Crippen LogP contribution is 2.40. The van der Waals surface area contributed by atoms with Crippen LogP contribution in [0, 0.1) is 15.9 Å². The average Bonchev–Trinajstić information content (AvgIpc) is 2.98. The lowest BCUT2D eigenvalue weighted by Crippen LogP contribution is -2.32. The number of halogens is 1. The molecule has 0 aromatic heterocycles. The number of nitro benzene ring substituents is 1. The standard InChI is InChI=1S/C22H22FN3O5/c1-24(2)12-5-13-25-19(16-6-3-4-7-17(16)23)18(21(28)22(25)29)20(27)14-8-10-15(11-9-14)26(30)31/h3-4,6-11,19,27H,5,12-13H2,1-2H3/b20-18+. The largest absolute Gasteiger partial charge is 0.507 e. The first-order valence-electron chi connectivity index (χ1n) is 9.64. The minimum Gasteiger partial charge on any atom is -0.507 e. The highest BCUT2D eigenvalue weighted by Gasteiger charge is 2.46. The van der Waals surface area contributed by atoms with Crippen LogP contribution in [0.5, 0.6) is 0 Å². The second kappa shape index (κ2) is 9.05. The van der Waals surface area contributed by atoms with Crippen LogP contribution >= 0.6 is 0 Å². The van der Waals surface area contributed by atoms with Gasteiger partial charge in [-0.25, -0.2) is 4.39 Å². The summed E-state index contributed by atoms with van der Waals surface area (Å²) in [6.45, 7) is 0.841. The van der Waals surface area contributed by atoms with E-state index in [1.165, 1.54) is 47.4 Å². The zero-order chi connectivity index (χ0) is 22.7. The maximum Gasteiger partial charge on any atom is 0.295 e. The van der Waals surface area contributed by atoms with Gasteiger partial charge in [0.1, 0.15) is 11.6 Å². The molecule has 31 heavy (non-hydrogen) atoms. The number of carbonyl (C=O) groups is 2. The number of ketones is 1. The van der Waals surface area contributed by atoms with E-state index in [1.54, 1.807) is 6.07 Å². The van der Waals surface area contributed by atoms with E-state index in [9.17, 15) is 29.2 Å². The Morgan fingerprint density at radius 2 is 1.81 bits per heavy atom. The number of rotatable bonds is 7. The molecule has 0 bridgehead atoms. The second-order valence-corrected chi connectivity index (χ2v) is 7.47. The van der Waals surface area contributed by atoms with Crippen molar-refractivity contribution in [2.45, 2.75) is 12.5 Å². The van der Waals surface area contributed by atoms with Crippen LogP contribution in [-0.2, 0) is 9.59 Å². The minimum absolute atomic E-state index is 0.0926. The molecule has 1 heterocycles. The fourth-order valence-corrected chi connectivity index (χ4v) is 3.58. The van der Waals surface area contributed by atoms with E-state index >= 15 is 0 Å². The lowest BCUT2D eigenvalue weighted by Gasteiger charge is -2.26. The smallest absolute Gasteiger partial charge is 0.295 e. The molecule has 1 amide bonds. The monoisotopic (exact) mass is 427 g/mol. The molecular weight excluding hydrogens is 405 g/mol. The first-order valence-corrected chi connectivity index (χ1v) is 9.64. The van der Waals surface area contributed by atoms with Crippen molar-refractivity contribution >= 4 is 23.1 Å². The van der Waals surface area contributed by atoms with Gasteiger partial charge in [0.25, 0.3) is 17.4 Å². The van der Waals surface area contributed by atoms with Gasteiger partial charge in [0.05, 0.1) is 16.5 Å². The predicted octanol–water partition coefficient (Wildman–Crippen LogP) is 3.11. The summed E-state index contributed by atoms with van der Waals surface area (Å²) in [5.74, 6) is -2.86. The molecule has 2 aromatic carbocycles. The molecule has 1 N–H and O–H groups in total. The van der Waals surface area contributed by atoms with Gasteiger partial charge in [-0.1, -0.05) is 18.2 Å². The summed E-state index contributed by atoms with van der Waals surface area (Å²) < 4.78 is 14.7. The van der Waals surface area contributed by atoms with Crippen LogP contribution < -0.4 is 0 Å². The van der Waals surface area contributed by atoms with Crippen LogP contribution in [0.25, 0.3) is 5.76 Å². The molecule has 3 rings (SSSR count). The predicted molar refractivity (Wildman–Crippen MR) is 112 cm³/mol. The van der Waals surface area contributed by atoms with E-state index in [1.807, 2.05) is 19.0 Å². The number of nitrogens with zero attached hydrogens (tertiary/aromatic N) is 3. The Balaban J connectivity index is 2.10. The van der Waals surface area contributed by atoms with Crippen molar-refractivity contribution < 1.29 is 24.0 Å². The second-order valence-electron chi connectivity index (χ2n) is 7.47. The molecule has 1 atom stereocenters. The van der Waals surface area contributed by atoms with Gasteiger partial charge in [0.2, 0.25) is 0 Å². The number of non-ortho nitro benzene ring substituents is 1. The zero-order valence-electron chi connectivity index (χ0n) is 17.1. The molecule has 2 aromatic rings. The van der Waals surface area contributed by atoms with Gasteiger partial charge in [-0.2, -0.15) is 0 Å². The number of benzene rings is 2. The van der Waals surface area contributed by atoms with Gasteiger partial charge >= 0.3 is 0 Å². The quantitative estimate of drug-likeness (QED) is 0.239. The SMILES string of the molecule is CN(C)CCCN1C(=O)C(=O)/C(=C(/O)c2ccc([N+](=O)[O-])cc2)C1c1ccccc1F. The summed E-state index contributed by atoms with van der Waals surface area (Å²) in [5, 5.41) is 21.8. The van der Waals surface area contributed by atoms with Crippen molar-refractivity contribution in [3.05, 3.63) is 81.2 Å². The topological polar surface area (TPSA) is 104 Å². The normalized spacial score (nSPS) is 18.1. The summed E-state index contributed by atoms with van der Waals surface area (Å²) in [4.78, 5) is 39.1. The van der Waals surface area contributed by atoms with Crippen LogP contribution in [0.2, 0.25) is 0 Å². The fourth-order valence-electron chi connectivity index (χ4n) is 3.58. The Kier molecular flexibility index (Phi) is 6.45. The number of hydrogen-bond donors (Lipinski definition) is 1. The molecule has 9 heteroatoms. The Bertz CT molecular complexity index is 1050. The van der Waals surface area contributed by atoms with Crippen molar-refractivity contribution in [2.24, 2.45) is 0 Å². The molecule has 1 aliphatic rings. The number of likely N-dealkylation sites (tertiary alicyclic amines) is 1. The molecular formula is C22H22FN3O5. The van der Waals surface area contributed by atoms with E-state index in [4.69, 9.17) is 0 Å².